The van der Waals surface area contributed by atoms with Gasteiger partial charge in [-0.3, -0.25) is 4.57 Å². The normalized spacial score (nSPS) is 16.5. The van der Waals surface area contributed by atoms with Gasteiger partial charge in [-0.1, -0.05) is 85.5 Å². The third kappa shape index (κ3) is 4.13. The molecule has 35 heavy (non-hydrogen) atoms. The number of nitrogens with zero attached hydrogens (tertiary/aromatic N) is 2. The Labute approximate surface area is 212 Å². The molecule has 0 radical (unpaired) electrons. The van der Waals surface area contributed by atoms with Crippen molar-refractivity contribution >= 4 is 52.4 Å². The Kier molecular flexibility index (Phi) is 5.83. The van der Waals surface area contributed by atoms with Crippen LogP contribution in [-0.2, 0) is 11.1 Å². The average Bonchev–Trinajstić information content (AvgIpc) is 3.31. The summed E-state index contributed by atoms with van der Waals surface area (Å²) >= 11 is 2.99. The summed E-state index contributed by atoms with van der Waals surface area (Å²) in [5, 5.41) is 0.704. The van der Waals surface area contributed by atoms with E-state index in [1.54, 1.807) is 11.3 Å². The molecular formula is C28H21N2O2PS2. The highest BCUT2D eigenvalue weighted by molar-refractivity contribution is 8.04. The number of para-hydroxylation sites is 2. The molecule has 0 saturated heterocycles. The quantitative estimate of drug-likeness (QED) is 0.170. The monoisotopic (exact) mass is 512 g/mol. The van der Waals surface area contributed by atoms with E-state index in [0.717, 1.165) is 36.8 Å². The summed E-state index contributed by atoms with van der Waals surface area (Å²) < 4.78 is 25.1. The number of hydrogen-bond donors (Lipinski definition) is 0. The standard InChI is InChI=1S/C28H21N2O2PS2/c1-2-20-15-17-21(18-16-20)19-30(35-28-29-24-11-5-8-14-27(24)34-28)33(31)26-13-7-4-10-23(26)22-9-3-6-12-25(22)32-33/h2-18H,1,19H2. The van der Waals surface area contributed by atoms with Crippen LogP contribution >= 0.6 is 30.8 Å². The molecule has 0 bridgehead atoms. The highest BCUT2D eigenvalue weighted by atomic mass is 32.2. The molecule has 4 nitrogen and oxygen atoms in total. The van der Waals surface area contributed by atoms with Crippen LogP contribution in [0.3, 0.4) is 0 Å². The second-order valence-corrected chi connectivity index (χ2v) is 12.9. The van der Waals surface area contributed by atoms with Crippen LogP contribution in [0.25, 0.3) is 27.4 Å². The molecule has 5 aromatic rings. The van der Waals surface area contributed by atoms with Crippen molar-refractivity contribution in [3.05, 3.63) is 115 Å². The minimum atomic E-state index is -3.50. The predicted octanol–water partition coefficient (Wildman–Crippen LogP) is 8.03. The summed E-state index contributed by atoms with van der Waals surface area (Å²) in [7, 11) is -3.50. The van der Waals surface area contributed by atoms with Crippen LogP contribution in [0, 0.1) is 0 Å². The van der Waals surface area contributed by atoms with Gasteiger partial charge in [0.1, 0.15) is 5.75 Å². The first-order chi connectivity index (χ1) is 17.1. The van der Waals surface area contributed by atoms with Gasteiger partial charge in [-0.05, 0) is 47.3 Å². The summed E-state index contributed by atoms with van der Waals surface area (Å²) in [4.78, 5) is 4.80. The van der Waals surface area contributed by atoms with Crippen molar-refractivity contribution < 1.29 is 9.09 Å². The Balaban J connectivity index is 1.46. The molecule has 1 unspecified atom stereocenters. The van der Waals surface area contributed by atoms with E-state index < -0.39 is 7.52 Å². The lowest BCUT2D eigenvalue weighted by Crippen LogP contribution is -2.27. The molecule has 1 atom stereocenters. The van der Waals surface area contributed by atoms with E-state index in [-0.39, 0.29) is 0 Å². The first-order valence-corrected chi connectivity index (χ1v) is 14.3. The van der Waals surface area contributed by atoms with Crippen LogP contribution in [0.1, 0.15) is 11.1 Å². The molecule has 0 saturated carbocycles. The van der Waals surface area contributed by atoms with E-state index in [1.165, 1.54) is 11.9 Å². The van der Waals surface area contributed by atoms with Crippen LogP contribution < -0.4 is 9.83 Å². The molecule has 2 heterocycles. The van der Waals surface area contributed by atoms with Crippen molar-refractivity contribution in [2.75, 3.05) is 0 Å². The van der Waals surface area contributed by atoms with Gasteiger partial charge in [-0.25, -0.2) is 4.98 Å². The molecule has 0 N–H and O–H groups in total. The van der Waals surface area contributed by atoms with E-state index >= 15 is 0 Å². The fraction of sp³-hybridized carbons (Fsp3) is 0.0357. The SMILES string of the molecule is C=Cc1ccc(CN(Sc2nc3ccccc3s2)P2(=O)Oc3ccccc3-c3ccccc32)cc1. The van der Waals surface area contributed by atoms with Gasteiger partial charge in [0.2, 0.25) is 0 Å². The summed E-state index contributed by atoms with van der Waals surface area (Å²) in [6.07, 6.45) is 1.82. The van der Waals surface area contributed by atoms with Gasteiger partial charge in [0.15, 0.2) is 4.34 Å². The van der Waals surface area contributed by atoms with Gasteiger partial charge in [0.05, 0.1) is 15.5 Å². The number of benzene rings is 4. The second kappa shape index (κ2) is 9.14. The highest BCUT2D eigenvalue weighted by Crippen LogP contribution is 2.61. The minimum absolute atomic E-state index is 0.422. The number of fused-ring (bicyclic) bond motifs is 4. The maximum atomic E-state index is 14.9. The Morgan fingerprint density at radius 2 is 1.63 bits per heavy atom. The van der Waals surface area contributed by atoms with Gasteiger partial charge in [0.25, 0.3) is 0 Å². The molecule has 0 spiro atoms. The summed E-state index contributed by atoms with van der Waals surface area (Å²) in [6.45, 7) is 4.27. The predicted molar refractivity (Wildman–Crippen MR) is 147 cm³/mol. The van der Waals surface area contributed by atoms with Gasteiger partial charge < -0.3 is 4.52 Å². The lowest BCUT2D eigenvalue weighted by Gasteiger charge is -2.34. The maximum absolute atomic E-state index is 14.9. The van der Waals surface area contributed by atoms with Crippen molar-refractivity contribution in [2.24, 2.45) is 0 Å². The van der Waals surface area contributed by atoms with E-state index in [2.05, 4.69) is 12.6 Å². The molecule has 7 heteroatoms. The molecule has 172 valence electrons. The van der Waals surface area contributed by atoms with Gasteiger partial charge >= 0.3 is 7.52 Å². The average molecular weight is 513 g/mol. The Hall–Kier alpha value is -3.15. The zero-order valence-corrected chi connectivity index (χ0v) is 21.2. The molecule has 1 aliphatic rings. The smallest absolute Gasteiger partial charge is 0.360 e. The van der Waals surface area contributed by atoms with Gasteiger partial charge in [-0.15, -0.1) is 11.3 Å². The van der Waals surface area contributed by atoms with E-state index in [1.807, 2.05) is 101 Å². The van der Waals surface area contributed by atoms with Crippen LogP contribution in [0.5, 0.6) is 5.75 Å². The number of rotatable bonds is 6. The first kappa shape index (κ1) is 22.3. The Morgan fingerprint density at radius 3 is 2.43 bits per heavy atom. The van der Waals surface area contributed by atoms with Crippen molar-refractivity contribution in [1.82, 2.24) is 9.06 Å². The van der Waals surface area contributed by atoms with Crippen LogP contribution in [0.2, 0.25) is 0 Å². The van der Waals surface area contributed by atoms with E-state index in [9.17, 15) is 4.57 Å². The number of thiazole rings is 1. The number of aromatic nitrogens is 1. The topological polar surface area (TPSA) is 42.4 Å². The lowest BCUT2D eigenvalue weighted by molar-refractivity contribution is 0.443. The van der Waals surface area contributed by atoms with Crippen molar-refractivity contribution in [2.45, 2.75) is 10.9 Å². The second-order valence-electron chi connectivity index (χ2n) is 8.12. The first-order valence-electron chi connectivity index (χ1n) is 11.2. The van der Waals surface area contributed by atoms with E-state index in [0.29, 0.717) is 17.6 Å². The van der Waals surface area contributed by atoms with Crippen LogP contribution in [0.15, 0.2) is 108 Å². The van der Waals surface area contributed by atoms with Gasteiger partial charge in [0, 0.05) is 17.7 Å². The van der Waals surface area contributed by atoms with Crippen LogP contribution in [0.4, 0.5) is 0 Å². The Bertz CT molecular complexity index is 1560. The van der Waals surface area contributed by atoms with Gasteiger partial charge in [-0.2, -0.15) is 4.08 Å². The maximum Gasteiger partial charge on any atom is 0.360 e. The fourth-order valence-electron chi connectivity index (χ4n) is 4.14. The molecule has 6 rings (SSSR count). The van der Waals surface area contributed by atoms with Crippen LogP contribution in [-0.4, -0.2) is 9.06 Å². The van der Waals surface area contributed by atoms with Crippen molar-refractivity contribution in [3.8, 4) is 16.9 Å². The third-order valence-corrected chi connectivity index (χ3v) is 10.8. The molecule has 1 aromatic heterocycles. The lowest BCUT2D eigenvalue weighted by atomic mass is 10.0. The van der Waals surface area contributed by atoms with E-state index in [4.69, 9.17) is 9.51 Å². The summed E-state index contributed by atoms with van der Waals surface area (Å²) in [6, 6.07) is 31.8. The Morgan fingerprint density at radius 1 is 0.914 bits per heavy atom. The van der Waals surface area contributed by atoms with Crippen molar-refractivity contribution in [1.29, 1.82) is 0 Å². The molecule has 4 aromatic carbocycles. The zero-order chi connectivity index (χ0) is 23.8. The molecule has 1 aliphatic heterocycles. The summed E-state index contributed by atoms with van der Waals surface area (Å²) in [5.74, 6) is 0.631. The third-order valence-electron chi connectivity index (χ3n) is 5.89. The summed E-state index contributed by atoms with van der Waals surface area (Å²) in [5.41, 5.74) is 4.90. The molecule has 0 amide bonds. The zero-order valence-electron chi connectivity index (χ0n) is 18.7. The van der Waals surface area contributed by atoms with Crippen molar-refractivity contribution in [3.63, 3.8) is 0 Å². The molecular weight excluding hydrogens is 491 g/mol. The molecule has 0 fully saturated rings. The number of hydrogen-bond acceptors (Lipinski definition) is 5. The molecule has 0 aliphatic carbocycles. The minimum Gasteiger partial charge on any atom is -0.428 e. The largest absolute Gasteiger partial charge is 0.428 e. The highest BCUT2D eigenvalue weighted by Gasteiger charge is 2.43. The fourth-order valence-corrected chi connectivity index (χ4v) is 9.23.